The van der Waals surface area contributed by atoms with Gasteiger partial charge in [-0.1, -0.05) is 74.8 Å². The summed E-state index contributed by atoms with van der Waals surface area (Å²) >= 11 is 6.38. The van der Waals surface area contributed by atoms with Gasteiger partial charge >= 0.3 is 0 Å². The molecule has 4 rings (SSSR count). The van der Waals surface area contributed by atoms with Crippen molar-refractivity contribution in [3.63, 3.8) is 0 Å². The molecule has 0 radical (unpaired) electrons. The highest BCUT2D eigenvalue weighted by Crippen LogP contribution is 2.38. The van der Waals surface area contributed by atoms with Gasteiger partial charge in [-0.05, 0) is 55.2 Å². The van der Waals surface area contributed by atoms with Gasteiger partial charge in [-0.15, -0.1) is 0 Å². The number of hydrazone groups is 1. The van der Waals surface area contributed by atoms with E-state index in [1.165, 1.54) is 5.01 Å². The first-order valence-corrected chi connectivity index (χ1v) is 11.7. The third-order valence-electron chi connectivity index (χ3n) is 5.76. The Hall–Kier alpha value is -3.37. The number of carbonyl (C=O) groups is 1. The summed E-state index contributed by atoms with van der Waals surface area (Å²) in [5.41, 5.74) is 5.74. The van der Waals surface area contributed by atoms with Gasteiger partial charge in [0.1, 0.15) is 12.4 Å². The second-order valence-corrected chi connectivity index (χ2v) is 9.96. The minimum Gasteiger partial charge on any atom is -0.488 e. The molecular formula is C29H29ClN2O2. The Kier molecular flexibility index (Phi) is 6.63. The summed E-state index contributed by atoms with van der Waals surface area (Å²) in [6.45, 7) is 10.7. The number of nitrogens with zero attached hydrogens (tertiary/aromatic N) is 2. The molecule has 0 aromatic heterocycles. The van der Waals surface area contributed by atoms with Crippen LogP contribution in [-0.2, 0) is 16.8 Å². The summed E-state index contributed by atoms with van der Waals surface area (Å²) in [6.07, 6.45) is 1.90. The van der Waals surface area contributed by atoms with E-state index in [0.717, 1.165) is 33.7 Å². The molecule has 1 aliphatic heterocycles. The first kappa shape index (κ1) is 23.8. The standard InChI is InChI=1S/C29H29ClN2O2/c1-19-15-22(17-24-20(2)31-32(28(24)33)23-12-7-6-8-13-23)27(25(16-19)29(3,4)5)34-18-21-11-9-10-14-26(21)30/h6-17H,18H2,1-5H3/b24-17-. The van der Waals surface area contributed by atoms with Crippen LogP contribution in [0.25, 0.3) is 6.08 Å². The van der Waals surface area contributed by atoms with Gasteiger partial charge in [-0.3, -0.25) is 4.79 Å². The molecule has 0 atom stereocenters. The van der Waals surface area contributed by atoms with E-state index in [4.69, 9.17) is 16.3 Å². The maximum absolute atomic E-state index is 13.3. The van der Waals surface area contributed by atoms with Crippen LogP contribution < -0.4 is 9.75 Å². The number of para-hydroxylation sites is 1. The molecule has 0 fully saturated rings. The van der Waals surface area contributed by atoms with Gasteiger partial charge in [0.2, 0.25) is 0 Å². The van der Waals surface area contributed by atoms with Crippen molar-refractivity contribution in [3.8, 4) is 5.75 Å². The second-order valence-electron chi connectivity index (χ2n) is 9.56. The van der Waals surface area contributed by atoms with E-state index in [1.807, 2.05) is 67.6 Å². The number of aryl methyl sites for hydroxylation is 1. The minimum atomic E-state index is -0.159. The number of hydrogen-bond acceptors (Lipinski definition) is 3. The van der Waals surface area contributed by atoms with Crippen molar-refractivity contribution in [1.82, 2.24) is 0 Å². The topological polar surface area (TPSA) is 41.9 Å². The normalized spacial score (nSPS) is 15.1. The van der Waals surface area contributed by atoms with Gasteiger partial charge in [0, 0.05) is 21.7 Å². The van der Waals surface area contributed by atoms with Crippen LogP contribution >= 0.6 is 11.6 Å². The monoisotopic (exact) mass is 472 g/mol. The number of amides is 1. The molecule has 1 amide bonds. The molecular weight excluding hydrogens is 444 g/mol. The Labute approximate surface area is 206 Å². The quantitative estimate of drug-likeness (QED) is 0.365. The van der Waals surface area contributed by atoms with Crippen molar-refractivity contribution >= 4 is 35.0 Å². The Morgan fingerprint density at radius 3 is 2.35 bits per heavy atom. The first-order valence-electron chi connectivity index (χ1n) is 11.3. The molecule has 0 aliphatic carbocycles. The fourth-order valence-electron chi connectivity index (χ4n) is 3.98. The summed E-state index contributed by atoms with van der Waals surface area (Å²) in [7, 11) is 0. The Bertz CT molecular complexity index is 1290. The molecule has 1 heterocycles. The number of ether oxygens (including phenoxy) is 1. The second kappa shape index (κ2) is 9.47. The van der Waals surface area contributed by atoms with Crippen LogP contribution in [0.15, 0.2) is 77.4 Å². The van der Waals surface area contributed by atoms with Crippen LogP contribution in [0.3, 0.4) is 0 Å². The van der Waals surface area contributed by atoms with Gasteiger partial charge in [-0.25, -0.2) is 0 Å². The number of carbonyl (C=O) groups excluding carboxylic acids is 1. The van der Waals surface area contributed by atoms with Crippen molar-refractivity contribution in [2.24, 2.45) is 5.10 Å². The smallest absolute Gasteiger partial charge is 0.280 e. The third-order valence-corrected chi connectivity index (χ3v) is 6.13. The largest absolute Gasteiger partial charge is 0.488 e. The molecule has 174 valence electrons. The molecule has 5 heteroatoms. The number of halogens is 1. The zero-order valence-electron chi connectivity index (χ0n) is 20.2. The van der Waals surface area contributed by atoms with E-state index >= 15 is 0 Å². The summed E-state index contributed by atoms with van der Waals surface area (Å²) in [5.74, 6) is 0.601. The third kappa shape index (κ3) is 4.92. The van der Waals surface area contributed by atoms with Crippen LogP contribution in [0.2, 0.25) is 5.02 Å². The number of benzene rings is 3. The molecule has 34 heavy (non-hydrogen) atoms. The molecule has 0 spiro atoms. The lowest BCUT2D eigenvalue weighted by Crippen LogP contribution is -2.21. The van der Waals surface area contributed by atoms with Crippen molar-refractivity contribution in [1.29, 1.82) is 0 Å². The molecule has 0 unspecified atom stereocenters. The molecule has 0 saturated carbocycles. The molecule has 0 N–H and O–H groups in total. The van der Waals surface area contributed by atoms with Crippen LogP contribution in [0.1, 0.15) is 49.9 Å². The van der Waals surface area contributed by atoms with Crippen LogP contribution in [0, 0.1) is 6.92 Å². The Morgan fingerprint density at radius 2 is 1.68 bits per heavy atom. The van der Waals surface area contributed by atoms with Crippen LogP contribution in [0.4, 0.5) is 5.69 Å². The first-order chi connectivity index (χ1) is 16.1. The Morgan fingerprint density at radius 1 is 1.00 bits per heavy atom. The maximum Gasteiger partial charge on any atom is 0.280 e. The van der Waals surface area contributed by atoms with E-state index < -0.39 is 0 Å². The van der Waals surface area contributed by atoms with Crippen molar-refractivity contribution in [2.75, 3.05) is 5.01 Å². The van der Waals surface area contributed by atoms with Crippen molar-refractivity contribution in [3.05, 3.63) is 99.6 Å². The summed E-state index contributed by atoms with van der Waals surface area (Å²) in [6, 6.07) is 21.3. The van der Waals surface area contributed by atoms with E-state index in [2.05, 4.69) is 44.9 Å². The lowest BCUT2D eigenvalue weighted by Gasteiger charge is -2.25. The molecule has 3 aromatic carbocycles. The highest BCUT2D eigenvalue weighted by atomic mass is 35.5. The summed E-state index contributed by atoms with van der Waals surface area (Å²) in [4.78, 5) is 13.3. The number of rotatable bonds is 5. The lowest BCUT2D eigenvalue weighted by molar-refractivity contribution is -0.114. The molecule has 4 nitrogen and oxygen atoms in total. The average Bonchev–Trinajstić information content (AvgIpc) is 3.07. The highest BCUT2D eigenvalue weighted by molar-refractivity contribution is 6.32. The Balaban J connectivity index is 1.77. The zero-order chi connectivity index (χ0) is 24.5. The van der Waals surface area contributed by atoms with E-state index in [9.17, 15) is 4.79 Å². The number of hydrogen-bond donors (Lipinski definition) is 0. The van der Waals surface area contributed by atoms with Crippen molar-refractivity contribution < 1.29 is 9.53 Å². The minimum absolute atomic E-state index is 0.153. The van der Waals surface area contributed by atoms with E-state index in [-0.39, 0.29) is 11.3 Å². The fourth-order valence-corrected chi connectivity index (χ4v) is 4.17. The predicted molar refractivity (Wildman–Crippen MR) is 141 cm³/mol. The number of anilines is 1. The maximum atomic E-state index is 13.3. The average molecular weight is 473 g/mol. The molecule has 1 aliphatic rings. The van der Waals surface area contributed by atoms with Gasteiger partial charge in [0.05, 0.1) is 17.0 Å². The van der Waals surface area contributed by atoms with Crippen LogP contribution in [0.5, 0.6) is 5.75 Å². The van der Waals surface area contributed by atoms with Crippen molar-refractivity contribution in [2.45, 2.75) is 46.6 Å². The van der Waals surface area contributed by atoms with Crippen LogP contribution in [-0.4, -0.2) is 11.6 Å². The lowest BCUT2D eigenvalue weighted by atomic mass is 9.83. The molecule has 0 saturated heterocycles. The molecule has 0 bridgehead atoms. The summed E-state index contributed by atoms with van der Waals surface area (Å²) < 4.78 is 6.42. The van der Waals surface area contributed by atoms with Gasteiger partial charge in [0.25, 0.3) is 5.91 Å². The summed E-state index contributed by atoms with van der Waals surface area (Å²) in [5, 5.41) is 6.64. The van der Waals surface area contributed by atoms with E-state index in [1.54, 1.807) is 0 Å². The predicted octanol–water partition coefficient (Wildman–Crippen LogP) is 7.33. The highest BCUT2D eigenvalue weighted by Gasteiger charge is 2.30. The molecule has 3 aromatic rings. The zero-order valence-corrected chi connectivity index (χ0v) is 21.0. The van der Waals surface area contributed by atoms with Gasteiger partial charge in [0.15, 0.2) is 0 Å². The SMILES string of the molecule is CC1=NN(c2ccccc2)C(=O)/C1=C\c1cc(C)cc(C(C)(C)C)c1OCc1ccccc1Cl. The van der Waals surface area contributed by atoms with E-state index in [0.29, 0.717) is 22.9 Å². The fraction of sp³-hybridized carbons (Fsp3) is 0.241. The van der Waals surface area contributed by atoms with Gasteiger partial charge in [-0.2, -0.15) is 10.1 Å². The van der Waals surface area contributed by atoms with Gasteiger partial charge < -0.3 is 4.74 Å².